The van der Waals surface area contributed by atoms with E-state index in [4.69, 9.17) is 5.73 Å². The summed E-state index contributed by atoms with van der Waals surface area (Å²) in [6.07, 6.45) is 0.476. The van der Waals surface area contributed by atoms with Crippen molar-refractivity contribution in [2.24, 2.45) is 5.73 Å². The van der Waals surface area contributed by atoms with Crippen LogP contribution >= 0.6 is 0 Å². The summed E-state index contributed by atoms with van der Waals surface area (Å²) < 4.78 is 0. The van der Waals surface area contributed by atoms with E-state index in [2.05, 4.69) is 21.6 Å². The van der Waals surface area contributed by atoms with Crippen molar-refractivity contribution in [3.8, 4) is 0 Å². The van der Waals surface area contributed by atoms with Crippen molar-refractivity contribution in [3.05, 3.63) is 29.3 Å². The third-order valence-corrected chi connectivity index (χ3v) is 3.85. The fourth-order valence-electron chi connectivity index (χ4n) is 2.76. The first-order valence-electron chi connectivity index (χ1n) is 6.84. The predicted molar refractivity (Wildman–Crippen MR) is 75.0 cm³/mol. The summed E-state index contributed by atoms with van der Waals surface area (Å²) >= 11 is 0. The normalized spacial score (nSPS) is 21.0. The van der Waals surface area contributed by atoms with Gasteiger partial charge < -0.3 is 16.4 Å². The van der Waals surface area contributed by atoms with Crippen molar-refractivity contribution in [2.45, 2.75) is 12.5 Å². The van der Waals surface area contributed by atoms with Gasteiger partial charge in [0.25, 0.3) is 0 Å². The number of benzene rings is 1. The first-order chi connectivity index (χ1) is 9.22. The van der Waals surface area contributed by atoms with Crippen LogP contribution in [-0.2, 0) is 11.2 Å². The Hall–Kier alpha value is -1.43. The number of hydrogen-bond donors (Lipinski definition) is 3. The van der Waals surface area contributed by atoms with E-state index >= 15 is 0 Å². The van der Waals surface area contributed by atoms with Crippen molar-refractivity contribution in [1.29, 1.82) is 0 Å². The molecule has 5 heteroatoms. The van der Waals surface area contributed by atoms with Gasteiger partial charge in [-0.3, -0.25) is 9.69 Å². The van der Waals surface area contributed by atoms with Gasteiger partial charge in [-0.25, -0.2) is 0 Å². The molecule has 3 rings (SSSR count). The van der Waals surface area contributed by atoms with Crippen molar-refractivity contribution >= 4 is 11.6 Å². The molecule has 102 valence electrons. The minimum atomic E-state index is 0.0131. The quantitative estimate of drug-likeness (QED) is 0.720. The highest BCUT2D eigenvalue weighted by Crippen LogP contribution is 2.26. The van der Waals surface area contributed by atoms with Gasteiger partial charge in [-0.15, -0.1) is 0 Å². The molecule has 4 N–H and O–H groups in total. The fourth-order valence-corrected chi connectivity index (χ4v) is 2.76. The SMILES string of the molecule is NC(CN1CCNCC1)c1ccc2c(c1)CC(=O)N2. The van der Waals surface area contributed by atoms with E-state index in [-0.39, 0.29) is 11.9 Å². The average molecular weight is 260 g/mol. The van der Waals surface area contributed by atoms with Crippen LogP contribution < -0.4 is 16.4 Å². The molecule has 19 heavy (non-hydrogen) atoms. The first kappa shape index (κ1) is 12.6. The number of carbonyl (C=O) groups is 1. The number of nitrogens with two attached hydrogens (primary N) is 1. The van der Waals surface area contributed by atoms with E-state index < -0.39 is 0 Å². The second-order valence-electron chi connectivity index (χ2n) is 5.30. The van der Waals surface area contributed by atoms with Gasteiger partial charge >= 0.3 is 0 Å². The average Bonchev–Trinajstić information content (AvgIpc) is 2.78. The molecule has 2 aliphatic heterocycles. The number of amides is 1. The number of nitrogens with zero attached hydrogens (tertiary/aromatic N) is 1. The van der Waals surface area contributed by atoms with Crippen LogP contribution in [0.2, 0.25) is 0 Å². The van der Waals surface area contributed by atoms with Gasteiger partial charge in [0.2, 0.25) is 5.91 Å². The van der Waals surface area contributed by atoms with Gasteiger partial charge in [0.05, 0.1) is 6.42 Å². The lowest BCUT2D eigenvalue weighted by Gasteiger charge is -2.29. The molecule has 1 aromatic carbocycles. The molecule has 0 bridgehead atoms. The Kier molecular flexibility index (Phi) is 3.50. The van der Waals surface area contributed by atoms with Crippen molar-refractivity contribution in [3.63, 3.8) is 0 Å². The number of hydrogen-bond acceptors (Lipinski definition) is 4. The summed E-state index contributed by atoms with van der Waals surface area (Å²) in [4.78, 5) is 13.7. The summed E-state index contributed by atoms with van der Waals surface area (Å²) in [7, 11) is 0. The summed E-state index contributed by atoms with van der Waals surface area (Å²) in [5, 5.41) is 6.18. The molecule has 2 aliphatic rings. The van der Waals surface area contributed by atoms with Crippen molar-refractivity contribution in [2.75, 3.05) is 38.0 Å². The maximum atomic E-state index is 11.3. The van der Waals surface area contributed by atoms with Crippen LogP contribution in [0.1, 0.15) is 17.2 Å². The molecule has 0 saturated carbocycles. The summed E-state index contributed by atoms with van der Waals surface area (Å²) in [6.45, 7) is 5.06. The van der Waals surface area contributed by atoms with Crippen LogP contribution in [0.15, 0.2) is 18.2 Å². The molecule has 5 nitrogen and oxygen atoms in total. The monoisotopic (exact) mass is 260 g/mol. The lowest BCUT2D eigenvalue weighted by atomic mass is 10.0. The Bertz CT molecular complexity index is 482. The second-order valence-corrected chi connectivity index (χ2v) is 5.30. The van der Waals surface area contributed by atoms with Crippen LogP contribution in [0.4, 0.5) is 5.69 Å². The number of nitrogens with one attached hydrogen (secondary N) is 2. The van der Waals surface area contributed by atoms with Gasteiger partial charge in [0.15, 0.2) is 0 Å². The van der Waals surface area contributed by atoms with E-state index in [0.29, 0.717) is 6.42 Å². The van der Waals surface area contributed by atoms with Gasteiger partial charge in [0, 0.05) is 44.5 Å². The lowest BCUT2D eigenvalue weighted by molar-refractivity contribution is -0.115. The maximum absolute atomic E-state index is 11.3. The molecule has 0 aromatic heterocycles. The molecule has 1 aromatic rings. The summed E-state index contributed by atoms with van der Waals surface area (Å²) in [5.74, 6) is 0.0721. The minimum absolute atomic E-state index is 0.0131. The number of piperazine rings is 1. The van der Waals surface area contributed by atoms with Crippen molar-refractivity contribution in [1.82, 2.24) is 10.2 Å². The Balaban J connectivity index is 1.68. The van der Waals surface area contributed by atoms with Gasteiger partial charge in [-0.05, 0) is 17.2 Å². The van der Waals surface area contributed by atoms with Gasteiger partial charge in [0.1, 0.15) is 0 Å². The van der Waals surface area contributed by atoms with Gasteiger partial charge in [-0.2, -0.15) is 0 Å². The zero-order chi connectivity index (χ0) is 13.2. The van der Waals surface area contributed by atoms with Crippen LogP contribution in [0.5, 0.6) is 0 Å². The molecule has 1 fully saturated rings. The Labute approximate surface area is 113 Å². The van der Waals surface area contributed by atoms with E-state index in [1.807, 2.05) is 12.1 Å². The van der Waals surface area contributed by atoms with E-state index in [1.165, 1.54) is 0 Å². The van der Waals surface area contributed by atoms with Crippen LogP contribution in [0.3, 0.4) is 0 Å². The first-order valence-corrected chi connectivity index (χ1v) is 6.84. The highest BCUT2D eigenvalue weighted by molar-refractivity contribution is 5.99. The smallest absolute Gasteiger partial charge is 0.228 e. The largest absolute Gasteiger partial charge is 0.326 e. The molecule has 0 spiro atoms. The topological polar surface area (TPSA) is 70.4 Å². The lowest BCUT2D eigenvalue weighted by Crippen LogP contribution is -2.45. The second kappa shape index (κ2) is 5.28. The number of anilines is 1. The molecule has 0 radical (unpaired) electrons. The third-order valence-electron chi connectivity index (χ3n) is 3.85. The zero-order valence-corrected chi connectivity index (χ0v) is 11.0. The third kappa shape index (κ3) is 2.78. The molecule has 1 atom stereocenters. The number of carbonyl (C=O) groups excluding carboxylic acids is 1. The van der Waals surface area contributed by atoms with Crippen LogP contribution in [-0.4, -0.2) is 43.5 Å². The molecule has 0 aliphatic carbocycles. The van der Waals surface area contributed by atoms with Gasteiger partial charge in [-0.1, -0.05) is 12.1 Å². The summed E-state index contributed by atoms with van der Waals surface area (Å²) in [6, 6.07) is 6.07. The Morgan fingerprint density at radius 3 is 2.89 bits per heavy atom. The molecule has 2 heterocycles. The molecule has 1 unspecified atom stereocenters. The Morgan fingerprint density at radius 2 is 2.11 bits per heavy atom. The highest BCUT2D eigenvalue weighted by atomic mass is 16.1. The summed E-state index contributed by atoms with van der Waals surface area (Å²) in [5.41, 5.74) is 9.41. The molecular weight excluding hydrogens is 240 g/mol. The molecular formula is C14H20N4O. The Morgan fingerprint density at radius 1 is 1.32 bits per heavy atom. The predicted octanol–water partition coefficient (Wildman–Crippen LogP) is 0.0862. The molecule has 1 amide bonds. The van der Waals surface area contributed by atoms with E-state index in [9.17, 15) is 4.79 Å². The van der Waals surface area contributed by atoms with Crippen LogP contribution in [0, 0.1) is 0 Å². The van der Waals surface area contributed by atoms with E-state index in [0.717, 1.165) is 49.5 Å². The maximum Gasteiger partial charge on any atom is 0.228 e. The fraction of sp³-hybridized carbons (Fsp3) is 0.500. The standard InChI is InChI=1S/C14H20N4O/c15-12(9-18-5-3-16-4-6-18)10-1-2-13-11(7-10)8-14(19)17-13/h1-2,7,12,16H,3-6,8-9,15H2,(H,17,19). The number of fused-ring (bicyclic) bond motifs is 1. The number of rotatable bonds is 3. The van der Waals surface area contributed by atoms with Crippen LogP contribution in [0.25, 0.3) is 0 Å². The minimum Gasteiger partial charge on any atom is -0.326 e. The zero-order valence-electron chi connectivity index (χ0n) is 11.0. The van der Waals surface area contributed by atoms with E-state index in [1.54, 1.807) is 0 Å². The highest BCUT2D eigenvalue weighted by Gasteiger charge is 2.20. The molecule has 1 saturated heterocycles. The van der Waals surface area contributed by atoms with Crippen molar-refractivity contribution < 1.29 is 4.79 Å².